The summed E-state index contributed by atoms with van der Waals surface area (Å²) in [7, 11) is -3.83. The molecule has 0 spiro atoms. The molecule has 36 heavy (non-hydrogen) atoms. The Hall–Kier alpha value is -2.87. The molecule has 0 radical (unpaired) electrons. The minimum Gasteiger partial charge on any atom is -0.337 e. The second kappa shape index (κ2) is 11.5. The van der Waals surface area contributed by atoms with Crippen LogP contribution in [-0.4, -0.2) is 56.8 Å². The van der Waals surface area contributed by atoms with Gasteiger partial charge in [0.1, 0.15) is 0 Å². The van der Waals surface area contributed by atoms with Crippen LogP contribution in [0.2, 0.25) is 5.02 Å². The number of benzene rings is 3. The number of nitrogens with one attached hydrogen (secondary N) is 1. The number of sulfonamides is 1. The third kappa shape index (κ3) is 6.46. The molecule has 0 atom stereocenters. The van der Waals surface area contributed by atoms with E-state index in [2.05, 4.69) is 33.9 Å². The van der Waals surface area contributed by atoms with Crippen LogP contribution in [-0.2, 0) is 16.4 Å². The number of amides is 1. The van der Waals surface area contributed by atoms with Gasteiger partial charge in [0.05, 0.1) is 4.90 Å². The van der Waals surface area contributed by atoms with Crippen LogP contribution in [0.3, 0.4) is 0 Å². The fourth-order valence-electron chi connectivity index (χ4n) is 4.48. The molecular formula is C28H32ClN3O3S. The van der Waals surface area contributed by atoms with Crippen molar-refractivity contribution >= 4 is 33.2 Å². The topological polar surface area (TPSA) is 69.7 Å². The highest BCUT2D eigenvalue weighted by Gasteiger charge is 2.22. The smallest absolute Gasteiger partial charge is 0.262 e. The minimum absolute atomic E-state index is 0.0838. The SMILES string of the molecule is Cc1cc(S(=O)(=O)Nc2cccc(C(=O)N3CCCN(CCc4ccccc4)CC3)c2)c(C)cc1Cl. The summed E-state index contributed by atoms with van der Waals surface area (Å²) < 4.78 is 28.7. The van der Waals surface area contributed by atoms with Crippen molar-refractivity contribution in [2.75, 3.05) is 37.4 Å². The van der Waals surface area contributed by atoms with E-state index in [1.165, 1.54) is 5.56 Å². The third-order valence-electron chi connectivity index (χ3n) is 6.54. The standard InChI is InChI=1S/C28H32ClN3O3S/c1-21-19-27(22(2)18-26(21)29)36(34,35)30-25-11-6-10-24(20-25)28(33)32-14-7-13-31(16-17-32)15-12-23-8-4-3-5-9-23/h3-6,8-11,18-20,30H,7,12-17H2,1-2H3. The predicted molar refractivity (Wildman–Crippen MR) is 145 cm³/mol. The van der Waals surface area contributed by atoms with Gasteiger partial charge in [0.15, 0.2) is 0 Å². The maximum Gasteiger partial charge on any atom is 0.262 e. The Morgan fingerprint density at radius 2 is 1.69 bits per heavy atom. The quantitative estimate of drug-likeness (QED) is 0.463. The number of hydrogen-bond acceptors (Lipinski definition) is 4. The third-order valence-corrected chi connectivity index (χ3v) is 8.47. The van der Waals surface area contributed by atoms with E-state index in [9.17, 15) is 13.2 Å². The van der Waals surface area contributed by atoms with Gasteiger partial charge < -0.3 is 9.80 Å². The van der Waals surface area contributed by atoms with Crippen LogP contribution in [0.4, 0.5) is 5.69 Å². The van der Waals surface area contributed by atoms with Gasteiger partial charge in [-0.25, -0.2) is 8.42 Å². The number of hydrogen-bond donors (Lipinski definition) is 1. The summed E-state index contributed by atoms with van der Waals surface area (Å²) in [6.07, 6.45) is 1.89. The molecule has 1 fully saturated rings. The van der Waals surface area contributed by atoms with Crippen LogP contribution in [0.5, 0.6) is 0 Å². The Kier molecular flexibility index (Phi) is 8.34. The number of anilines is 1. The Morgan fingerprint density at radius 3 is 2.47 bits per heavy atom. The molecule has 6 nitrogen and oxygen atoms in total. The molecule has 1 aliphatic heterocycles. The van der Waals surface area contributed by atoms with Crippen LogP contribution in [0, 0.1) is 13.8 Å². The van der Waals surface area contributed by atoms with E-state index in [0.717, 1.165) is 32.5 Å². The lowest BCUT2D eigenvalue weighted by atomic mass is 10.1. The molecule has 1 heterocycles. The van der Waals surface area contributed by atoms with Crippen molar-refractivity contribution in [1.82, 2.24) is 9.80 Å². The maximum atomic E-state index is 13.3. The molecule has 3 aromatic rings. The van der Waals surface area contributed by atoms with Gasteiger partial charge in [0, 0.05) is 42.5 Å². The highest BCUT2D eigenvalue weighted by Crippen LogP contribution is 2.26. The average molecular weight is 526 g/mol. The normalized spacial score (nSPS) is 14.9. The summed E-state index contributed by atoms with van der Waals surface area (Å²) in [5.74, 6) is -0.0838. The van der Waals surface area contributed by atoms with Crippen LogP contribution in [0.1, 0.15) is 33.5 Å². The first-order valence-electron chi connectivity index (χ1n) is 12.2. The highest BCUT2D eigenvalue weighted by molar-refractivity contribution is 7.92. The van der Waals surface area contributed by atoms with Crippen molar-refractivity contribution in [3.8, 4) is 0 Å². The molecule has 1 aliphatic rings. The van der Waals surface area contributed by atoms with Gasteiger partial charge >= 0.3 is 0 Å². The Bertz CT molecular complexity index is 1330. The van der Waals surface area contributed by atoms with Gasteiger partial charge in [-0.2, -0.15) is 0 Å². The maximum absolute atomic E-state index is 13.3. The van der Waals surface area contributed by atoms with Crippen LogP contribution >= 0.6 is 11.6 Å². The Labute approximate surface area is 218 Å². The first-order chi connectivity index (χ1) is 17.2. The number of halogens is 1. The molecule has 4 rings (SSSR count). The molecule has 8 heteroatoms. The van der Waals surface area contributed by atoms with E-state index in [1.54, 1.807) is 50.2 Å². The molecule has 0 bridgehead atoms. The summed E-state index contributed by atoms with van der Waals surface area (Å²) in [5, 5.41) is 0.523. The number of aryl methyl sites for hydroxylation is 2. The number of carbonyl (C=O) groups is 1. The van der Waals surface area contributed by atoms with Gasteiger partial charge in [-0.3, -0.25) is 9.52 Å². The molecule has 0 aromatic heterocycles. The lowest BCUT2D eigenvalue weighted by molar-refractivity contribution is 0.0761. The zero-order valence-electron chi connectivity index (χ0n) is 20.7. The lowest BCUT2D eigenvalue weighted by Crippen LogP contribution is -2.35. The fraction of sp³-hybridized carbons (Fsp3) is 0.321. The van der Waals surface area contributed by atoms with Crippen molar-refractivity contribution in [1.29, 1.82) is 0 Å². The van der Waals surface area contributed by atoms with E-state index < -0.39 is 10.0 Å². The molecule has 1 amide bonds. The number of nitrogens with zero attached hydrogens (tertiary/aromatic N) is 2. The zero-order chi connectivity index (χ0) is 25.7. The van der Waals surface area contributed by atoms with Crippen LogP contribution < -0.4 is 4.72 Å². The monoisotopic (exact) mass is 525 g/mol. The van der Waals surface area contributed by atoms with Gasteiger partial charge in [-0.05, 0) is 80.3 Å². The largest absolute Gasteiger partial charge is 0.337 e. The van der Waals surface area contributed by atoms with Gasteiger partial charge in [-0.15, -0.1) is 0 Å². The predicted octanol–water partition coefficient (Wildman–Crippen LogP) is 5.15. The summed E-state index contributed by atoms with van der Waals surface area (Å²) in [6.45, 7) is 7.54. The molecule has 3 aromatic carbocycles. The zero-order valence-corrected chi connectivity index (χ0v) is 22.3. The van der Waals surface area contributed by atoms with E-state index in [-0.39, 0.29) is 10.8 Å². The summed E-state index contributed by atoms with van der Waals surface area (Å²) in [4.78, 5) is 17.7. The van der Waals surface area contributed by atoms with Crippen molar-refractivity contribution in [2.45, 2.75) is 31.6 Å². The molecule has 1 N–H and O–H groups in total. The Balaban J connectivity index is 1.41. The molecular weight excluding hydrogens is 494 g/mol. The van der Waals surface area contributed by atoms with E-state index in [1.807, 2.05) is 11.0 Å². The minimum atomic E-state index is -3.83. The Morgan fingerprint density at radius 1 is 0.917 bits per heavy atom. The summed E-state index contributed by atoms with van der Waals surface area (Å²) in [5.41, 5.74) is 3.39. The molecule has 0 unspecified atom stereocenters. The van der Waals surface area contributed by atoms with Gasteiger partial charge in [-0.1, -0.05) is 48.0 Å². The van der Waals surface area contributed by atoms with E-state index in [0.29, 0.717) is 40.5 Å². The second-order valence-electron chi connectivity index (χ2n) is 9.28. The molecule has 0 aliphatic carbocycles. The highest BCUT2D eigenvalue weighted by atomic mass is 35.5. The molecule has 0 saturated carbocycles. The molecule has 190 valence electrons. The lowest BCUT2D eigenvalue weighted by Gasteiger charge is -2.22. The first kappa shape index (κ1) is 26.2. The number of rotatable bonds is 7. The van der Waals surface area contributed by atoms with E-state index in [4.69, 9.17) is 11.6 Å². The number of carbonyl (C=O) groups excluding carboxylic acids is 1. The van der Waals surface area contributed by atoms with Crippen molar-refractivity contribution in [2.24, 2.45) is 0 Å². The van der Waals surface area contributed by atoms with Crippen molar-refractivity contribution in [3.63, 3.8) is 0 Å². The molecule has 1 saturated heterocycles. The van der Waals surface area contributed by atoms with Crippen molar-refractivity contribution in [3.05, 3.63) is 94.0 Å². The average Bonchev–Trinajstić information content (AvgIpc) is 3.11. The van der Waals surface area contributed by atoms with Gasteiger partial charge in [0.2, 0.25) is 0 Å². The summed E-state index contributed by atoms with van der Waals surface area (Å²) in [6, 6.07) is 20.3. The summed E-state index contributed by atoms with van der Waals surface area (Å²) >= 11 is 6.13. The van der Waals surface area contributed by atoms with Crippen LogP contribution in [0.25, 0.3) is 0 Å². The van der Waals surface area contributed by atoms with Crippen molar-refractivity contribution < 1.29 is 13.2 Å². The van der Waals surface area contributed by atoms with Crippen LogP contribution in [0.15, 0.2) is 71.6 Å². The fourth-order valence-corrected chi connectivity index (χ4v) is 6.06. The first-order valence-corrected chi connectivity index (χ1v) is 14.0. The van der Waals surface area contributed by atoms with E-state index >= 15 is 0 Å². The van der Waals surface area contributed by atoms with Gasteiger partial charge in [0.25, 0.3) is 15.9 Å². The second-order valence-corrected chi connectivity index (χ2v) is 11.3.